The first-order valence-corrected chi connectivity index (χ1v) is 14.7. The first-order chi connectivity index (χ1) is 18.5. The number of carbonyl (C=O) groups excluding carboxylic acids is 2. The molecule has 0 heterocycles. The number of benzene rings is 3. The molecule has 0 saturated heterocycles. The smallest absolute Gasteiger partial charge is 0.264 e. The SMILES string of the molecule is CCc1ccccc1N(CC(=O)N(Cc1ccccc1)[C@H](CC)C(=O)NC(C)(C)C)S(=O)(=O)c1ccccc1. The van der Waals surface area contributed by atoms with Gasteiger partial charge in [0.2, 0.25) is 11.8 Å². The van der Waals surface area contributed by atoms with Crippen molar-refractivity contribution in [3.8, 4) is 0 Å². The molecule has 3 aromatic carbocycles. The second-order valence-corrected chi connectivity index (χ2v) is 12.3. The zero-order valence-electron chi connectivity index (χ0n) is 23.4. The lowest BCUT2D eigenvalue weighted by molar-refractivity contribution is -0.141. The fourth-order valence-corrected chi connectivity index (χ4v) is 5.91. The van der Waals surface area contributed by atoms with Crippen molar-refractivity contribution in [3.63, 3.8) is 0 Å². The van der Waals surface area contributed by atoms with E-state index in [2.05, 4.69) is 5.32 Å². The molecule has 0 aliphatic carbocycles. The normalized spacial score (nSPS) is 12.4. The van der Waals surface area contributed by atoms with Crippen molar-refractivity contribution in [1.82, 2.24) is 10.2 Å². The van der Waals surface area contributed by atoms with Gasteiger partial charge in [0, 0.05) is 12.1 Å². The van der Waals surface area contributed by atoms with E-state index in [9.17, 15) is 18.0 Å². The Morgan fingerprint density at radius 1 is 0.846 bits per heavy atom. The van der Waals surface area contributed by atoms with Gasteiger partial charge in [-0.15, -0.1) is 0 Å². The number of hydrogen-bond acceptors (Lipinski definition) is 4. The lowest BCUT2D eigenvalue weighted by Gasteiger charge is -2.35. The number of sulfonamides is 1. The highest BCUT2D eigenvalue weighted by molar-refractivity contribution is 7.92. The van der Waals surface area contributed by atoms with Crippen molar-refractivity contribution < 1.29 is 18.0 Å². The molecule has 0 bridgehead atoms. The lowest BCUT2D eigenvalue weighted by atomic mass is 10.1. The van der Waals surface area contributed by atoms with Gasteiger partial charge in [0.25, 0.3) is 10.0 Å². The Kier molecular flexibility index (Phi) is 9.92. The number of para-hydroxylation sites is 1. The second kappa shape index (κ2) is 12.9. The van der Waals surface area contributed by atoms with Crippen LogP contribution in [0.3, 0.4) is 0 Å². The van der Waals surface area contributed by atoms with Crippen LogP contribution in [0.25, 0.3) is 0 Å². The van der Waals surface area contributed by atoms with Crippen LogP contribution in [0.5, 0.6) is 0 Å². The Labute approximate surface area is 232 Å². The third-order valence-electron chi connectivity index (χ3n) is 6.33. The van der Waals surface area contributed by atoms with E-state index in [1.54, 1.807) is 30.3 Å². The molecule has 1 N–H and O–H groups in total. The predicted octanol–water partition coefficient (Wildman–Crippen LogP) is 5.17. The fraction of sp³-hybridized carbons (Fsp3) is 0.355. The predicted molar refractivity (Wildman–Crippen MR) is 156 cm³/mol. The van der Waals surface area contributed by atoms with Crippen LogP contribution in [-0.2, 0) is 32.6 Å². The molecule has 3 aromatic rings. The highest BCUT2D eigenvalue weighted by Gasteiger charge is 2.35. The molecule has 208 valence electrons. The molecule has 0 aliphatic rings. The largest absolute Gasteiger partial charge is 0.350 e. The number of hydrogen-bond donors (Lipinski definition) is 1. The maximum absolute atomic E-state index is 14.1. The first kappa shape index (κ1) is 29.9. The molecule has 0 aliphatic heterocycles. The molecule has 0 fully saturated rings. The van der Waals surface area contributed by atoms with Gasteiger partial charge in [-0.1, -0.05) is 80.6 Å². The van der Waals surface area contributed by atoms with Crippen LogP contribution in [-0.4, -0.2) is 43.3 Å². The Morgan fingerprint density at radius 2 is 1.41 bits per heavy atom. The minimum absolute atomic E-state index is 0.0934. The molecule has 0 unspecified atom stereocenters. The molecule has 0 radical (unpaired) electrons. The van der Waals surface area contributed by atoms with Crippen LogP contribution in [0.15, 0.2) is 89.8 Å². The summed E-state index contributed by atoms with van der Waals surface area (Å²) in [6.07, 6.45) is 0.960. The van der Waals surface area contributed by atoms with Crippen molar-refractivity contribution in [2.24, 2.45) is 0 Å². The van der Waals surface area contributed by atoms with E-state index in [1.165, 1.54) is 21.3 Å². The zero-order valence-corrected chi connectivity index (χ0v) is 24.2. The quantitative estimate of drug-likeness (QED) is 0.358. The molecule has 0 aromatic heterocycles. The Bertz CT molecular complexity index is 1350. The maximum Gasteiger partial charge on any atom is 0.264 e. The molecule has 3 rings (SSSR count). The molecule has 8 heteroatoms. The minimum atomic E-state index is -4.08. The Balaban J connectivity index is 2.08. The number of nitrogens with zero attached hydrogens (tertiary/aromatic N) is 2. The second-order valence-electron chi connectivity index (χ2n) is 10.5. The van der Waals surface area contributed by atoms with Gasteiger partial charge < -0.3 is 10.2 Å². The van der Waals surface area contributed by atoms with Gasteiger partial charge in [-0.25, -0.2) is 8.42 Å². The van der Waals surface area contributed by atoms with Gasteiger partial charge >= 0.3 is 0 Å². The molecule has 39 heavy (non-hydrogen) atoms. The molecular formula is C31H39N3O4S. The average Bonchev–Trinajstić information content (AvgIpc) is 2.91. The van der Waals surface area contributed by atoms with E-state index in [0.717, 1.165) is 11.1 Å². The summed E-state index contributed by atoms with van der Waals surface area (Å²) in [4.78, 5) is 29.1. The van der Waals surface area contributed by atoms with Crippen molar-refractivity contribution in [3.05, 3.63) is 96.1 Å². The highest BCUT2D eigenvalue weighted by atomic mass is 32.2. The van der Waals surface area contributed by atoms with Crippen LogP contribution in [0, 0.1) is 0 Å². The number of amides is 2. The summed E-state index contributed by atoms with van der Waals surface area (Å²) in [5.41, 5.74) is 1.61. The van der Waals surface area contributed by atoms with E-state index < -0.39 is 34.1 Å². The van der Waals surface area contributed by atoms with Crippen LogP contribution >= 0.6 is 0 Å². The molecule has 1 atom stereocenters. The minimum Gasteiger partial charge on any atom is -0.350 e. The van der Waals surface area contributed by atoms with Gasteiger partial charge in [0.05, 0.1) is 10.6 Å². The van der Waals surface area contributed by atoms with Gasteiger partial charge in [-0.05, 0) is 62.9 Å². The lowest BCUT2D eigenvalue weighted by Crippen LogP contribution is -2.55. The Morgan fingerprint density at radius 3 is 1.97 bits per heavy atom. The van der Waals surface area contributed by atoms with Crippen molar-refractivity contribution >= 4 is 27.5 Å². The topological polar surface area (TPSA) is 86.8 Å². The van der Waals surface area contributed by atoms with E-state index in [0.29, 0.717) is 18.5 Å². The van der Waals surface area contributed by atoms with E-state index >= 15 is 0 Å². The zero-order chi connectivity index (χ0) is 28.6. The summed E-state index contributed by atoms with van der Waals surface area (Å²) in [5.74, 6) is -0.735. The maximum atomic E-state index is 14.1. The van der Waals surface area contributed by atoms with Gasteiger partial charge in [0.15, 0.2) is 0 Å². The van der Waals surface area contributed by atoms with E-state index in [1.807, 2.05) is 77.1 Å². The molecular weight excluding hydrogens is 510 g/mol. The van der Waals surface area contributed by atoms with Gasteiger partial charge in [-0.3, -0.25) is 13.9 Å². The summed E-state index contributed by atoms with van der Waals surface area (Å²) in [6.45, 7) is 9.18. The average molecular weight is 550 g/mol. The van der Waals surface area contributed by atoms with Crippen LogP contribution in [0.4, 0.5) is 5.69 Å². The van der Waals surface area contributed by atoms with Crippen LogP contribution < -0.4 is 9.62 Å². The first-order valence-electron chi connectivity index (χ1n) is 13.3. The van der Waals surface area contributed by atoms with Crippen molar-refractivity contribution in [1.29, 1.82) is 0 Å². The highest BCUT2D eigenvalue weighted by Crippen LogP contribution is 2.28. The number of nitrogens with one attached hydrogen (secondary N) is 1. The van der Waals surface area contributed by atoms with Crippen molar-refractivity contribution in [2.75, 3.05) is 10.8 Å². The monoisotopic (exact) mass is 549 g/mol. The summed E-state index contributed by atoms with van der Waals surface area (Å²) >= 11 is 0. The number of rotatable bonds is 11. The van der Waals surface area contributed by atoms with Gasteiger partial charge in [0.1, 0.15) is 12.6 Å². The van der Waals surface area contributed by atoms with Gasteiger partial charge in [-0.2, -0.15) is 0 Å². The third-order valence-corrected chi connectivity index (χ3v) is 8.11. The number of carbonyl (C=O) groups is 2. The molecule has 2 amide bonds. The number of anilines is 1. The summed E-state index contributed by atoms with van der Waals surface area (Å²) < 4.78 is 29.1. The molecule has 7 nitrogen and oxygen atoms in total. The van der Waals surface area contributed by atoms with Crippen LogP contribution in [0.2, 0.25) is 0 Å². The summed E-state index contributed by atoms with van der Waals surface area (Å²) in [7, 11) is -4.08. The molecule has 0 saturated carbocycles. The summed E-state index contributed by atoms with van der Waals surface area (Å²) in [6, 6.07) is 23.9. The number of aryl methyl sites for hydroxylation is 1. The van der Waals surface area contributed by atoms with E-state index in [-0.39, 0.29) is 17.3 Å². The van der Waals surface area contributed by atoms with E-state index in [4.69, 9.17) is 0 Å². The van der Waals surface area contributed by atoms with Crippen molar-refractivity contribution in [2.45, 2.75) is 70.5 Å². The summed E-state index contributed by atoms with van der Waals surface area (Å²) in [5, 5.41) is 2.99. The standard InChI is InChI=1S/C31H39N3O4S/c1-6-25-18-14-15-21-28(25)34(39(37,38)26-19-12-9-13-20-26)23-29(35)33(22-24-16-10-8-11-17-24)27(7-2)30(36)32-31(3,4)5/h8-21,27H,6-7,22-23H2,1-5H3,(H,32,36)/t27-/m1/s1. The molecule has 0 spiro atoms. The Hall–Kier alpha value is -3.65. The van der Waals surface area contributed by atoms with Crippen LogP contribution in [0.1, 0.15) is 52.2 Å². The fourth-order valence-electron chi connectivity index (χ4n) is 4.44. The third kappa shape index (κ3) is 7.69.